The molecule has 0 N–H and O–H groups in total. The summed E-state index contributed by atoms with van der Waals surface area (Å²) in [5.74, 6) is 0.687. The van der Waals surface area contributed by atoms with Gasteiger partial charge in [-0.1, -0.05) is 146 Å². The molecule has 50 heavy (non-hydrogen) atoms. The van der Waals surface area contributed by atoms with E-state index in [2.05, 4.69) is 175 Å². The van der Waals surface area contributed by atoms with E-state index in [9.17, 15) is 0 Å². The van der Waals surface area contributed by atoms with E-state index in [0.717, 1.165) is 55.9 Å². The van der Waals surface area contributed by atoms with Crippen molar-refractivity contribution in [2.24, 2.45) is 0 Å². The lowest BCUT2D eigenvalue weighted by atomic mass is 9.96. The molecule has 2 heterocycles. The number of hydrogen-bond acceptors (Lipinski definition) is 3. The van der Waals surface area contributed by atoms with Crippen molar-refractivity contribution in [1.82, 2.24) is 15.0 Å². The highest BCUT2D eigenvalue weighted by Crippen LogP contribution is 2.35. The van der Waals surface area contributed by atoms with Crippen LogP contribution in [0.4, 0.5) is 0 Å². The van der Waals surface area contributed by atoms with Gasteiger partial charge in [0.05, 0.1) is 11.4 Å². The lowest BCUT2D eigenvalue weighted by Gasteiger charge is -2.13. The molecule has 3 nitrogen and oxygen atoms in total. The third-order valence-corrected chi connectivity index (χ3v) is 9.36. The van der Waals surface area contributed by atoms with E-state index >= 15 is 0 Å². The molecule has 9 aromatic rings. The number of aromatic nitrogens is 3. The first kappa shape index (κ1) is 29.4. The molecule has 0 aliphatic heterocycles. The minimum atomic E-state index is 0.687. The van der Waals surface area contributed by atoms with E-state index in [1.54, 1.807) is 6.20 Å². The van der Waals surface area contributed by atoms with Crippen molar-refractivity contribution in [2.45, 2.75) is 0 Å². The molecule has 0 saturated heterocycles. The van der Waals surface area contributed by atoms with Crippen LogP contribution in [-0.4, -0.2) is 15.0 Å². The Balaban J connectivity index is 1.17. The van der Waals surface area contributed by atoms with Gasteiger partial charge in [-0.25, -0.2) is 9.97 Å². The number of fused-ring (bicyclic) bond motifs is 2. The summed E-state index contributed by atoms with van der Waals surface area (Å²) in [6, 6.07) is 62.1. The Labute approximate surface area is 291 Å². The highest BCUT2D eigenvalue weighted by molar-refractivity contribution is 5.97. The molecular weight excluding hydrogens is 607 g/mol. The summed E-state index contributed by atoms with van der Waals surface area (Å²) in [7, 11) is 0. The smallest absolute Gasteiger partial charge is 0.160 e. The van der Waals surface area contributed by atoms with Crippen molar-refractivity contribution in [3.63, 3.8) is 0 Å². The summed E-state index contributed by atoms with van der Waals surface area (Å²) in [4.78, 5) is 14.7. The van der Waals surface area contributed by atoms with E-state index in [-0.39, 0.29) is 0 Å². The van der Waals surface area contributed by atoms with Crippen LogP contribution in [0.25, 0.3) is 88.8 Å². The predicted octanol–water partition coefficient (Wildman–Crippen LogP) is 12.2. The van der Waals surface area contributed by atoms with Gasteiger partial charge in [0.25, 0.3) is 0 Å². The fourth-order valence-corrected chi connectivity index (χ4v) is 6.77. The molecule has 0 radical (unpaired) electrons. The molecule has 0 bridgehead atoms. The molecule has 9 rings (SSSR count). The lowest BCUT2D eigenvalue weighted by molar-refractivity contribution is 1.18. The van der Waals surface area contributed by atoms with E-state index in [4.69, 9.17) is 9.97 Å². The Kier molecular flexibility index (Phi) is 7.49. The van der Waals surface area contributed by atoms with E-state index < -0.39 is 0 Å². The number of pyridine rings is 1. The molecule has 0 aliphatic carbocycles. The molecule has 0 spiro atoms. The topological polar surface area (TPSA) is 38.7 Å². The third kappa shape index (κ3) is 5.72. The Bertz CT molecular complexity index is 2640. The minimum absolute atomic E-state index is 0.687. The zero-order valence-corrected chi connectivity index (χ0v) is 27.2. The van der Waals surface area contributed by atoms with Crippen LogP contribution in [0, 0.1) is 0 Å². The largest absolute Gasteiger partial charge is 0.264 e. The number of hydrogen-bond donors (Lipinski definition) is 0. The number of rotatable bonds is 6. The summed E-state index contributed by atoms with van der Waals surface area (Å²) < 4.78 is 0. The van der Waals surface area contributed by atoms with Crippen molar-refractivity contribution in [2.75, 3.05) is 0 Å². The van der Waals surface area contributed by atoms with Crippen molar-refractivity contribution < 1.29 is 0 Å². The fraction of sp³-hybridized carbons (Fsp3) is 0. The third-order valence-electron chi connectivity index (χ3n) is 9.36. The average Bonchev–Trinajstić information content (AvgIpc) is 3.21. The first-order valence-corrected chi connectivity index (χ1v) is 16.8. The molecule has 0 amide bonds. The average molecular weight is 638 g/mol. The van der Waals surface area contributed by atoms with Crippen LogP contribution in [0.3, 0.4) is 0 Å². The minimum Gasteiger partial charge on any atom is -0.264 e. The van der Waals surface area contributed by atoms with E-state index in [1.807, 2.05) is 12.3 Å². The van der Waals surface area contributed by atoms with Crippen molar-refractivity contribution >= 4 is 21.5 Å². The van der Waals surface area contributed by atoms with Gasteiger partial charge in [-0.2, -0.15) is 0 Å². The van der Waals surface area contributed by atoms with Gasteiger partial charge in [-0.15, -0.1) is 0 Å². The van der Waals surface area contributed by atoms with Crippen molar-refractivity contribution in [3.05, 3.63) is 188 Å². The van der Waals surface area contributed by atoms with Crippen LogP contribution in [0.1, 0.15) is 0 Å². The van der Waals surface area contributed by atoms with Crippen LogP contribution < -0.4 is 0 Å². The summed E-state index contributed by atoms with van der Waals surface area (Å²) >= 11 is 0. The summed E-state index contributed by atoms with van der Waals surface area (Å²) in [5.41, 5.74) is 11.6. The Morgan fingerprint density at radius 1 is 0.320 bits per heavy atom. The highest BCUT2D eigenvalue weighted by Gasteiger charge is 2.14. The molecule has 7 aromatic carbocycles. The first-order chi connectivity index (χ1) is 24.7. The second kappa shape index (κ2) is 12.7. The number of benzene rings is 7. The highest BCUT2D eigenvalue weighted by atomic mass is 14.9. The van der Waals surface area contributed by atoms with Crippen LogP contribution in [0.5, 0.6) is 0 Å². The maximum Gasteiger partial charge on any atom is 0.160 e. The Morgan fingerprint density at radius 3 is 1.76 bits per heavy atom. The van der Waals surface area contributed by atoms with E-state index in [0.29, 0.717) is 5.82 Å². The summed E-state index contributed by atoms with van der Waals surface area (Å²) in [6.07, 6.45) is 3.69. The zero-order chi connectivity index (χ0) is 33.3. The standard InChI is InChI=1S/C47H31N3/c1-2-11-36-27-38(25-22-32(36)9-1)37-13-5-16-41(28-37)47-49-45(35-23-20-33(21-24-35)42-17-8-26-48-31-42)30-46(50-47)40-15-6-14-39(29-40)44-19-7-12-34-10-3-4-18-43(34)44/h1-31H. The lowest BCUT2D eigenvalue weighted by Crippen LogP contribution is -1.96. The van der Waals surface area contributed by atoms with Gasteiger partial charge in [0.1, 0.15) is 0 Å². The fourth-order valence-electron chi connectivity index (χ4n) is 6.77. The zero-order valence-electron chi connectivity index (χ0n) is 27.2. The normalized spacial score (nSPS) is 11.2. The molecule has 0 fully saturated rings. The maximum atomic E-state index is 5.23. The van der Waals surface area contributed by atoms with Gasteiger partial charge < -0.3 is 0 Å². The Morgan fingerprint density at radius 2 is 0.920 bits per heavy atom. The van der Waals surface area contributed by atoms with Crippen molar-refractivity contribution in [1.29, 1.82) is 0 Å². The molecule has 0 unspecified atom stereocenters. The number of nitrogens with zero attached hydrogens (tertiary/aromatic N) is 3. The van der Waals surface area contributed by atoms with Gasteiger partial charge in [0, 0.05) is 29.1 Å². The second-order valence-electron chi connectivity index (χ2n) is 12.5. The molecule has 0 saturated carbocycles. The predicted molar refractivity (Wildman–Crippen MR) is 207 cm³/mol. The molecule has 3 heteroatoms. The summed E-state index contributed by atoms with van der Waals surface area (Å²) in [6.45, 7) is 0. The van der Waals surface area contributed by atoms with Crippen LogP contribution in [-0.2, 0) is 0 Å². The van der Waals surface area contributed by atoms with Crippen LogP contribution >= 0.6 is 0 Å². The van der Waals surface area contributed by atoms with Crippen LogP contribution in [0.15, 0.2) is 188 Å². The molecule has 2 aromatic heterocycles. The van der Waals surface area contributed by atoms with Crippen LogP contribution in [0.2, 0.25) is 0 Å². The van der Waals surface area contributed by atoms with Crippen molar-refractivity contribution in [3.8, 4) is 67.3 Å². The molecular formula is C47H31N3. The van der Waals surface area contributed by atoms with Gasteiger partial charge in [0.15, 0.2) is 5.82 Å². The molecule has 0 aliphatic rings. The van der Waals surface area contributed by atoms with Gasteiger partial charge in [0.2, 0.25) is 0 Å². The van der Waals surface area contributed by atoms with E-state index in [1.165, 1.54) is 27.1 Å². The van der Waals surface area contributed by atoms with Gasteiger partial charge in [-0.3, -0.25) is 4.98 Å². The first-order valence-electron chi connectivity index (χ1n) is 16.8. The SMILES string of the molecule is c1cncc(-c2ccc(-c3cc(-c4cccc(-c5cccc6ccccc56)c4)nc(-c4cccc(-c5ccc6ccccc6c5)c4)n3)cc2)c1. The monoisotopic (exact) mass is 637 g/mol. The Hall–Kier alpha value is -6.71. The molecule has 234 valence electrons. The quantitative estimate of drug-likeness (QED) is 0.182. The van der Waals surface area contributed by atoms with Gasteiger partial charge in [-0.05, 0) is 85.3 Å². The van der Waals surface area contributed by atoms with Gasteiger partial charge >= 0.3 is 0 Å². The maximum absolute atomic E-state index is 5.23. The molecule has 0 atom stereocenters. The second-order valence-corrected chi connectivity index (χ2v) is 12.5. The summed E-state index contributed by atoms with van der Waals surface area (Å²) in [5, 5.41) is 4.91.